The Morgan fingerprint density at radius 3 is 2.14 bits per heavy atom. The Kier molecular flexibility index (Phi) is 5.81. The van der Waals surface area contributed by atoms with Crippen LogP contribution in [-0.4, -0.2) is 50.6 Å². The lowest BCUT2D eigenvalue weighted by Gasteiger charge is -2.14. The van der Waals surface area contributed by atoms with Crippen LogP contribution < -0.4 is 10.2 Å². The number of benzene rings is 2. The standard InChI is InChI=1S/C20H18N2O6/c1-27-11-10-21-17(23)12-28-20(26)13-6-8-14(9-7-13)22-18(24)15-4-2-3-5-16(15)19(22)25/h2-9H,10-12H2,1H3,(H,21,23). The van der Waals surface area contributed by atoms with E-state index in [1.807, 2.05) is 0 Å². The molecule has 3 rings (SSSR count). The molecule has 1 aliphatic heterocycles. The number of hydrogen-bond donors (Lipinski definition) is 1. The molecule has 1 N–H and O–H groups in total. The SMILES string of the molecule is COCCNC(=O)COC(=O)c1ccc(N2C(=O)c3ccccc3C2=O)cc1. The zero-order valence-corrected chi connectivity index (χ0v) is 15.1. The molecule has 2 aromatic carbocycles. The number of carbonyl (C=O) groups is 4. The number of nitrogens with one attached hydrogen (secondary N) is 1. The summed E-state index contributed by atoms with van der Waals surface area (Å²) in [6, 6.07) is 12.4. The van der Waals surface area contributed by atoms with E-state index in [1.54, 1.807) is 24.3 Å². The molecule has 0 aromatic heterocycles. The molecule has 8 nitrogen and oxygen atoms in total. The molecule has 0 bridgehead atoms. The number of esters is 1. The number of hydrogen-bond acceptors (Lipinski definition) is 6. The van der Waals surface area contributed by atoms with Gasteiger partial charge in [-0.05, 0) is 36.4 Å². The number of rotatable bonds is 7. The highest BCUT2D eigenvalue weighted by Gasteiger charge is 2.36. The molecule has 144 valence electrons. The summed E-state index contributed by atoms with van der Waals surface area (Å²) in [6.45, 7) is 0.267. The lowest BCUT2D eigenvalue weighted by molar-refractivity contribution is -0.124. The predicted molar refractivity (Wildman–Crippen MR) is 99.2 cm³/mol. The Labute approximate surface area is 161 Å². The maximum atomic E-state index is 12.5. The molecule has 28 heavy (non-hydrogen) atoms. The fourth-order valence-electron chi connectivity index (χ4n) is 2.73. The minimum Gasteiger partial charge on any atom is -0.452 e. The van der Waals surface area contributed by atoms with Gasteiger partial charge in [0.15, 0.2) is 6.61 Å². The van der Waals surface area contributed by atoms with E-state index in [2.05, 4.69) is 5.32 Å². The first-order valence-electron chi connectivity index (χ1n) is 8.53. The van der Waals surface area contributed by atoms with Crippen LogP contribution in [0.4, 0.5) is 5.69 Å². The highest BCUT2D eigenvalue weighted by molar-refractivity contribution is 6.34. The summed E-state index contributed by atoms with van der Waals surface area (Å²) in [7, 11) is 1.51. The third-order valence-electron chi connectivity index (χ3n) is 4.12. The Morgan fingerprint density at radius 2 is 1.57 bits per heavy atom. The lowest BCUT2D eigenvalue weighted by Crippen LogP contribution is -2.31. The first-order valence-corrected chi connectivity index (χ1v) is 8.53. The second-order valence-corrected chi connectivity index (χ2v) is 5.96. The van der Waals surface area contributed by atoms with Gasteiger partial charge in [0.05, 0.1) is 29.0 Å². The van der Waals surface area contributed by atoms with Gasteiger partial charge in [-0.15, -0.1) is 0 Å². The van der Waals surface area contributed by atoms with E-state index in [0.29, 0.717) is 30.0 Å². The quantitative estimate of drug-likeness (QED) is 0.441. The molecule has 0 spiro atoms. The summed E-state index contributed by atoms with van der Waals surface area (Å²) >= 11 is 0. The number of imide groups is 1. The third-order valence-corrected chi connectivity index (χ3v) is 4.12. The van der Waals surface area contributed by atoms with Gasteiger partial charge in [-0.2, -0.15) is 0 Å². The van der Waals surface area contributed by atoms with E-state index in [9.17, 15) is 19.2 Å². The molecule has 1 aliphatic rings. The minimum absolute atomic E-state index is 0.199. The number of methoxy groups -OCH3 is 1. The molecule has 8 heteroatoms. The van der Waals surface area contributed by atoms with Crippen LogP contribution in [0.15, 0.2) is 48.5 Å². The van der Waals surface area contributed by atoms with Crippen LogP contribution >= 0.6 is 0 Å². The third kappa shape index (κ3) is 3.91. The van der Waals surface area contributed by atoms with E-state index >= 15 is 0 Å². The molecule has 0 fully saturated rings. The number of anilines is 1. The Bertz CT molecular complexity index is 888. The first-order chi connectivity index (χ1) is 13.5. The van der Waals surface area contributed by atoms with E-state index in [4.69, 9.17) is 9.47 Å². The van der Waals surface area contributed by atoms with Crippen molar-refractivity contribution < 1.29 is 28.7 Å². The second kappa shape index (κ2) is 8.45. The van der Waals surface area contributed by atoms with Crippen molar-refractivity contribution in [1.82, 2.24) is 5.32 Å². The van der Waals surface area contributed by atoms with Gasteiger partial charge in [0, 0.05) is 13.7 Å². The zero-order chi connectivity index (χ0) is 20.1. The summed E-state index contributed by atoms with van der Waals surface area (Å²) in [5.41, 5.74) is 1.23. The molecule has 3 amide bonds. The summed E-state index contributed by atoms with van der Waals surface area (Å²) in [5, 5.41) is 2.53. The monoisotopic (exact) mass is 382 g/mol. The molecule has 1 heterocycles. The van der Waals surface area contributed by atoms with Gasteiger partial charge < -0.3 is 14.8 Å². The van der Waals surface area contributed by atoms with Crippen molar-refractivity contribution in [2.75, 3.05) is 31.8 Å². The minimum atomic E-state index is -0.684. The summed E-state index contributed by atoms with van der Waals surface area (Å²) in [4.78, 5) is 49.6. The maximum absolute atomic E-state index is 12.5. The van der Waals surface area contributed by atoms with Crippen molar-refractivity contribution in [2.24, 2.45) is 0 Å². The number of fused-ring (bicyclic) bond motifs is 1. The van der Waals surface area contributed by atoms with Gasteiger partial charge in [-0.1, -0.05) is 12.1 Å². The van der Waals surface area contributed by atoms with Crippen LogP contribution in [-0.2, 0) is 14.3 Å². The van der Waals surface area contributed by atoms with Crippen molar-refractivity contribution >= 4 is 29.4 Å². The zero-order valence-electron chi connectivity index (χ0n) is 15.1. The molecular formula is C20H18N2O6. The van der Waals surface area contributed by atoms with Crippen molar-refractivity contribution in [3.05, 3.63) is 65.2 Å². The number of carbonyl (C=O) groups excluding carboxylic acids is 4. The normalized spacial score (nSPS) is 12.7. The van der Waals surface area contributed by atoms with Crippen molar-refractivity contribution in [2.45, 2.75) is 0 Å². The van der Waals surface area contributed by atoms with E-state index in [-0.39, 0.29) is 5.56 Å². The topological polar surface area (TPSA) is 102 Å². The van der Waals surface area contributed by atoms with Crippen molar-refractivity contribution in [1.29, 1.82) is 0 Å². The first kappa shape index (κ1) is 19.2. The number of ether oxygens (including phenoxy) is 2. The molecule has 0 unspecified atom stereocenters. The number of amides is 3. The highest BCUT2D eigenvalue weighted by atomic mass is 16.5. The second-order valence-electron chi connectivity index (χ2n) is 5.96. The van der Waals surface area contributed by atoms with Crippen LogP contribution in [0.1, 0.15) is 31.1 Å². The van der Waals surface area contributed by atoms with Crippen LogP contribution in [0, 0.1) is 0 Å². The van der Waals surface area contributed by atoms with Crippen molar-refractivity contribution in [3.8, 4) is 0 Å². The number of nitrogens with zero attached hydrogens (tertiary/aromatic N) is 1. The summed E-state index contributed by atoms with van der Waals surface area (Å²) < 4.78 is 9.74. The van der Waals surface area contributed by atoms with Gasteiger partial charge in [-0.3, -0.25) is 14.4 Å². The molecule has 0 aliphatic carbocycles. The average molecular weight is 382 g/mol. The average Bonchev–Trinajstić information content (AvgIpc) is 2.97. The van der Waals surface area contributed by atoms with E-state index < -0.39 is 30.3 Å². The fourth-order valence-corrected chi connectivity index (χ4v) is 2.73. The van der Waals surface area contributed by atoms with E-state index in [1.165, 1.54) is 31.4 Å². The lowest BCUT2D eigenvalue weighted by atomic mass is 10.1. The van der Waals surface area contributed by atoms with Crippen molar-refractivity contribution in [3.63, 3.8) is 0 Å². The van der Waals surface area contributed by atoms with Crippen LogP contribution in [0.3, 0.4) is 0 Å². The molecule has 0 saturated heterocycles. The summed E-state index contributed by atoms with van der Waals surface area (Å²) in [5.74, 6) is -1.95. The van der Waals surface area contributed by atoms with Gasteiger partial charge in [0.2, 0.25) is 0 Å². The van der Waals surface area contributed by atoms with E-state index in [0.717, 1.165) is 4.90 Å². The molecular weight excluding hydrogens is 364 g/mol. The van der Waals surface area contributed by atoms with Crippen LogP contribution in [0.2, 0.25) is 0 Å². The largest absolute Gasteiger partial charge is 0.452 e. The summed E-state index contributed by atoms with van der Waals surface area (Å²) in [6.07, 6.45) is 0. The van der Waals surface area contributed by atoms with Gasteiger partial charge in [0.25, 0.3) is 17.7 Å². The molecule has 0 saturated carbocycles. The van der Waals surface area contributed by atoms with Gasteiger partial charge in [0.1, 0.15) is 0 Å². The molecule has 0 radical (unpaired) electrons. The smallest absolute Gasteiger partial charge is 0.338 e. The Balaban J connectivity index is 1.63. The highest BCUT2D eigenvalue weighted by Crippen LogP contribution is 2.28. The molecule has 0 atom stereocenters. The predicted octanol–water partition coefficient (Wildman–Crippen LogP) is 1.41. The van der Waals surface area contributed by atoms with Gasteiger partial charge in [-0.25, -0.2) is 9.69 Å². The molecule has 2 aromatic rings. The maximum Gasteiger partial charge on any atom is 0.338 e. The Morgan fingerprint density at radius 1 is 0.964 bits per heavy atom. The van der Waals surface area contributed by atoms with Crippen LogP contribution in [0.25, 0.3) is 0 Å². The fraction of sp³-hybridized carbons (Fsp3) is 0.200. The van der Waals surface area contributed by atoms with Gasteiger partial charge >= 0.3 is 5.97 Å². The van der Waals surface area contributed by atoms with Crippen LogP contribution in [0.5, 0.6) is 0 Å². The Hall–Kier alpha value is -3.52.